The van der Waals surface area contributed by atoms with Crippen LogP contribution in [-0.2, 0) is 10.0 Å². The highest BCUT2D eigenvalue weighted by molar-refractivity contribution is 7.92. The molecule has 0 saturated carbocycles. The molecule has 0 saturated heterocycles. The summed E-state index contributed by atoms with van der Waals surface area (Å²) in [6.07, 6.45) is 1.55. The quantitative estimate of drug-likeness (QED) is 0.770. The van der Waals surface area contributed by atoms with E-state index in [-0.39, 0.29) is 11.4 Å². The summed E-state index contributed by atoms with van der Waals surface area (Å²) in [5, 5.41) is 0. The number of benzene rings is 2. The number of anilines is 1. The van der Waals surface area contributed by atoms with E-state index in [2.05, 4.69) is 6.58 Å². The van der Waals surface area contributed by atoms with Crippen molar-refractivity contribution in [1.82, 2.24) is 0 Å². The van der Waals surface area contributed by atoms with Gasteiger partial charge in [0.15, 0.2) is 0 Å². The Labute approximate surface area is 125 Å². The first-order valence-corrected chi connectivity index (χ1v) is 7.87. The highest BCUT2D eigenvalue weighted by atomic mass is 32.2. The van der Waals surface area contributed by atoms with E-state index < -0.39 is 10.0 Å². The average Bonchev–Trinajstić information content (AvgIpc) is 2.53. The van der Waals surface area contributed by atoms with Crippen molar-refractivity contribution in [2.75, 3.05) is 18.0 Å². The number of ether oxygens (including phenoxy) is 1. The molecule has 0 heterocycles. The van der Waals surface area contributed by atoms with Gasteiger partial charge in [-0.3, -0.25) is 4.31 Å². The molecule has 0 aliphatic carbocycles. The maximum absolute atomic E-state index is 12.8. The van der Waals surface area contributed by atoms with Gasteiger partial charge in [0.05, 0.1) is 24.2 Å². The molecule has 110 valence electrons. The van der Waals surface area contributed by atoms with Gasteiger partial charge < -0.3 is 4.74 Å². The van der Waals surface area contributed by atoms with Crippen LogP contribution in [0.25, 0.3) is 0 Å². The van der Waals surface area contributed by atoms with Gasteiger partial charge in [0.25, 0.3) is 10.0 Å². The fraction of sp³-hybridized carbons (Fsp3) is 0.125. The molecule has 0 N–H and O–H groups in total. The van der Waals surface area contributed by atoms with Crippen molar-refractivity contribution in [2.45, 2.75) is 4.90 Å². The van der Waals surface area contributed by atoms with Crippen LogP contribution in [0, 0.1) is 0 Å². The van der Waals surface area contributed by atoms with Crippen molar-refractivity contribution in [3.05, 3.63) is 67.3 Å². The minimum absolute atomic E-state index is 0.164. The second kappa shape index (κ2) is 6.45. The van der Waals surface area contributed by atoms with E-state index in [0.717, 1.165) is 0 Å². The lowest BCUT2D eigenvalue weighted by molar-refractivity contribution is 0.415. The molecule has 0 spiro atoms. The molecule has 0 bridgehead atoms. The largest absolute Gasteiger partial charge is 0.495 e. The Morgan fingerprint density at radius 1 is 1.10 bits per heavy atom. The van der Waals surface area contributed by atoms with Crippen LogP contribution < -0.4 is 9.04 Å². The lowest BCUT2D eigenvalue weighted by Crippen LogP contribution is -2.31. The maximum atomic E-state index is 12.8. The molecule has 2 rings (SSSR count). The zero-order chi connectivity index (χ0) is 15.3. The van der Waals surface area contributed by atoms with Gasteiger partial charge in [-0.1, -0.05) is 36.4 Å². The average molecular weight is 303 g/mol. The predicted octanol–water partition coefficient (Wildman–Crippen LogP) is 3.08. The first-order chi connectivity index (χ1) is 10.1. The van der Waals surface area contributed by atoms with Crippen molar-refractivity contribution < 1.29 is 13.2 Å². The summed E-state index contributed by atoms with van der Waals surface area (Å²) < 4.78 is 32.2. The number of sulfonamides is 1. The van der Waals surface area contributed by atoms with E-state index >= 15 is 0 Å². The van der Waals surface area contributed by atoms with Gasteiger partial charge in [-0.2, -0.15) is 0 Å². The highest BCUT2D eigenvalue weighted by Crippen LogP contribution is 2.31. The zero-order valence-corrected chi connectivity index (χ0v) is 12.6. The Kier molecular flexibility index (Phi) is 4.65. The minimum atomic E-state index is -3.67. The molecule has 2 aromatic carbocycles. The summed E-state index contributed by atoms with van der Waals surface area (Å²) in [6, 6.07) is 15.3. The first-order valence-electron chi connectivity index (χ1n) is 6.43. The third kappa shape index (κ3) is 3.08. The summed E-state index contributed by atoms with van der Waals surface area (Å²) >= 11 is 0. The van der Waals surface area contributed by atoms with Gasteiger partial charge >= 0.3 is 0 Å². The number of rotatable bonds is 6. The first kappa shape index (κ1) is 15.1. The molecule has 2 aromatic rings. The van der Waals surface area contributed by atoms with Crippen LogP contribution in [-0.4, -0.2) is 22.1 Å². The molecule has 0 atom stereocenters. The molecule has 0 amide bonds. The van der Waals surface area contributed by atoms with E-state index in [4.69, 9.17) is 4.74 Å². The zero-order valence-electron chi connectivity index (χ0n) is 11.8. The Morgan fingerprint density at radius 3 is 2.33 bits per heavy atom. The van der Waals surface area contributed by atoms with Crippen molar-refractivity contribution >= 4 is 15.7 Å². The Balaban J connectivity index is 2.56. The topological polar surface area (TPSA) is 46.6 Å². The van der Waals surface area contributed by atoms with Gasteiger partial charge in [-0.15, -0.1) is 6.58 Å². The molecule has 0 radical (unpaired) electrons. The van der Waals surface area contributed by atoms with Gasteiger partial charge in [0.1, 0.15) is 5.75 Å². The molecule has 0 aromatic heterocycles. The van der Waals surface area contributed by atoms with Crippen molar-refractivity contribution in [3.63, 3.8) is 0 Å². The highest BCUT2D eigenvalue weighted by Gasteiger charge is 2.25. The Bertz CT molecular complexity index is 711. The minimum Gasteiger partial charge on any atom is -0.495 e. The standard InChI is InChI=1S/C16H17NO3S/c1-3-13-17(15-11-7-8-12-16(15)20-2)21(18,19)14-9-5-4-6-10-14/h3-12H,1,13H2,2H3. The number of methoxy groups -OCH3 is 1. The third-order valence-corrected chi connectivity index (χ3v) is 4.77. The van der Waals surface area contributed by atoms with Gasteiger partial charge in [-0.25, -0.2) is 8.42 Å². The molecule has 5 heteroatoms. The summed E-state index contributed by atoms with van der Waals surface area (Å²) in [7, 11) is -2.15. The smallest absolute Gasteiger partial charge is 0.264 e. The number of para-hydroxylation sites is 2. The second-order valence-corrected chi connectivity index (χ2v) is 6.17. The van der Waals surface area contributed by atoms with Crippen molar-refractivity contribution in [1.29, 1.82) is 0 Å². The van der Waals surface area contributed by atoms with E-state index in [1.165, 1.54) is 11.4 Å². The Hall–Kier alpha value is -2.27. The number of nitrogens with zero attached hydrogens (tertiary/aromatic N) is 1. The van der Waals surface area contributed by atoms with E-state index in [1.807, 2.05) is 0 Å². The Morgan fingerprint density at radius 2 is 1.71 bits per heavy atom. The van der Waals surface area contributed by atoms with Crippen LogP contribution in [0.1, 0.15) is 0 Å². The molecule has 21 heavy (non-hydrogen) atoms. The van der Waals surface area contributed by atoms with Crippen LogP contribution in [0.4, 0.5) is 5.69 Å². The van der Waals surface area contributed by atoms with Crippen LogP contribution in [0.3, 0.4) is 0 Å². The third-order valence-electron chi connectivity index (χ3n) is 2.98. The fourth-order valence-corrected chi connectivity index (χ4v) is 3.47. The molecule has 0 aliphatic rings. The van der Waals surface area contributed by atoms with Crippen LogP contribution >= 0.6 is 0 Å². The lowest BCUT2D eigenvalue weighted by atomic mass is 10.3. The predicted molar refractivity (Wildman–Crippen MR) is 84.2 cm³/mol. The van der Waals surface area contributed by atoms with Crippen molar-refractivity contribution in [2.24, 2.45) is 0 Å². The van der Waals surface area contributed by atoms with Crippen LogP contribution in [0.5, 0.6) is 5.75 Å². The fourth-order valence-electron chi connectivity index (χ4n) is 2.00. The van der Waals surface area contributed by atoms with Crippen LogP contribution in [0.2, 0.25) is 0 Å². The van der Waals surface area contributed by atoms with E-state index in [9.17, 15) is 8.42 Å². The second-order valence-electron chi connectivity index (χ2n) is 4.31. The molecule has 0 fully saturated rings. The van der Waals surface area contributed by atoms with Crippen LogP contribution in [0.15, 0.2) is 72.1 Å². The summed E-state index contributed by atoms with van der Waals surface area (Å²) in [5.74, 6) is 0.499. The lowest BCUT2D eigenvalue weighted by Gasteiger charge is -2.24. The van der Waals surface area contributed by atoms with Crippen molar-refractivity contribution in [3.8, 4) is 5.75 Å². The molecule has 0 unspecified atom stereocenters. The molecule has 0 aliphatic heterocycles. The van der Waals surface area contributed by atoms with E-state index in [1.54, 1.807) is 60.7 Å². The van der Waals surface area contributed by atoms with Gasteiger partial charge in [0, 0.05) is 0 Å². The SMILES string of the molecule is C=CCN(c1ccccc1OC)S(=O)(=O)c1ccccc1. The molecule has 4 nitrogen and oxygen atoms in total. The maximum Gasteiger partial charge on any atom is 0.264 e. The summed E-state index contributed by atoms with van der Waals surface area (Å²) in [5.41, 5.74) is 0.490. The van der Waals surface area contributed by atoms with Gasteiger partial charge in [0.2, 0.25) is 0 Å². The molecular formula is C16H17NO3S. The number of hydrogen-bond acceptors (Lipinski definition) is 3. The monoisotopic (exact) mass is 303 g/mol. The normalized spacial score (nSPS) is 10.9. The van der Waals surface area contributed by atoms with E-state index in [0.29, 0.717) is 11.4 Å². The summed E-state index contributed by atoms with van der Waals surface area (Å²) in [4.78, 5) is 0.234. The molecular weight excluding hydrogens is 286 g/mol. The van der Waals surface area contributed by atoms with Gasteiger partial charge in [-0.05, 0) is 24.3 Å². The number of hydrogen-bond donors (Lipinski definition) is 0. The summed E-state index contributed by atoms with van der Waals surface area (Å²) in [6.45, 7) is 3.81.